The van der Waals surface area contributed by atoms with Gasteiger partial charge in [0.2, 0.25) is 11.4 Å². The average Bonchev–Trinajstić information content (AvgIpc) is 4.14. The number of hydrogen-bond acceptors (Lipinski definition) is 13. The Balaban J connectivity index is 0.000000242. The van der Waals surface area contributed by atoms with E-state index in [1.165, 1.54) is 86.5 Å². The summed E-state index contributed by atoms with van der Waals surface area (Å²) in [5.41, 5.74) is -7.73. The molecule has 8 aliphatic rings. The first-order chi connectivity index (χ1) is 36.3. The molecule has 4 aliphatic heterocycles. The Morgan fingerprint density at radius 2 is 1.42 bits per heavy atom. The predicted octanol–water partition coefficient (Wildman–Crippen LogP) is 8.36. The molecule has 6 heterocycles. The van der Waals surface area contributed by atoms with Gasteiger partial charge in [0.05, 0.1) is 36.1 Å². The molecule has 0 amide bonds. The van der Waals surface area contributed by atoms with Crippen molar-refractivity contribution < 1.29 is 83.3 Å². The zero-order valence-electron chi connectivity index (χ0n) is 46.3. The third-order valence-corrected chi connectivity index (χ3v) is 21.9. The summed E-state index contributed by atoms with van der Waals surface area (Å²) in [5.74, 6) is -3.09. The SMILES string of the molecule is CCCCCCCCCCCCCCCC(=O)OCC(=O)[C@@]12O[C@H](CCC)O[C@@H]1C[C@H]1[C@@H]3C[C@H](F)C4=CC(=O)CC[C@]4(C)[C@@]3(F)[C@@H](O)C[C@@]12C.C[N+]1(C)C2CC(OC(=O)C(O)(c3cccs3)c3cccs3)CC1[C@@H]1O[C@H]21.[Br-]. The molecule has 15 atom stereocenters. The number of piperidine rings is 1. The third-order valence-electron chi connectivity index (χ3n) is 20.0. The second-order valence-electron chi connectivity index (χ2n) is 24.7. The van der Waals surface area contributed by atoms with E-state index in [9.17, 15) is 29.4 Å². The van der Waals surface area contributed by atoms with Gasteiger partial charge in [-0.25, -0.2) is 13.6 Å². The minimum atomic E-state index is -2.18. The molecule has 430 valence electrons. The molecule has 0 radical (unpaired) electrons. The molecule has 10 rings (SSSR count). The first-order valence-electron chi connectivity index (χ1n) is 29.1. The van der Waals surface area contributed by atoms with E-state index < -0.39 is 88.5 Å². The van der Waals surface area contributed by atoms with E-state index in [2.05, 4.69) is 21.0 Å². The number of carbonyl (C=O) groups excluding carboxylic acids is 4. The van der Waals surface area contributed by atoms with Crippen molar-refractivity contribution in [1.29, 1.82) is 0 Å². The van der Waals surface area contributed by atoms with Gasteiger partial charge in [0.1, 0.15) is 42.2 Å². The number of fused-ring (bicyclic) bond motifs is 12. The Bertz CT molecular complexity index is 2330. The van der Waals surface area contributed by atoms with Crippen molar-refractivity contribution in [3.05, 3.63) is 56.4 Å². The van der Waals surface area contributed by atoms with E-state index in [1.807, 2.05) is 36.7 Å². The normalized spacial score (nSPS) is 36.9. The van der Waals surface area contributed by atoms with E-state index in [-0.39, 0.29) is 73.0 Å². The maximum Gasteiger partial charge on any atom is 0.349 e. The quantitative estimate of drug-likeness (QED) is 0.0477. The Kier molecular flexibility index (Phi) is 19.3. The maximum absolute atomic E-state index is 17.7. The number of ether oxygens (including phenoxy) is 5. The van der Waals surface area contributed by atoms with Crippen LogP contribution in [0.3, 0.4) is 0 Å². The molecule has 7 fully saturated rings. The van der Waals surface area contributed by atoms with Gasteiger partial charge < -0.3 is 55.4 Å². The average molecular weight is 1180 g/mol. The highest BCUT2D eigenvalue weighted by Crippen LogP contribution is 2.72. The topological polar surface area (TPSA) is 158 Å². The van der Waals surface area contributed by atoms with Gasteiger partial charge in [0.25, 0.3) is 0 Å². The van der Waals surface area contributed by atoms with Crippen molar-refractivity contribution in [3.63, 3.8) is 0 Å². The fourth-order valence-electron chi connectivity index (χ4n) is 15.7. The monoisotopic (exact) mass is 1180 g/mol. The summed E-state index contributed by atoms with van der Waals surface area (Å²) < 4.78 is 64.7. The van der Waals surface area contributed by atoms with Crippen LogP contribution >= 0.6 is 22.7 Å². The standard InChI is InChI=1S/C41H64F2O7.C19H22NO4S2.BrH/c1-5-7-8-9-10-11-12-13-14-15-16-17-18-20-36(47)48-27-34(46)41-35(49-37(50-41)19-6-2)25-29-30-24-32(42)31-23-28(44)21-22-38(31,3)40(30,43)33(45)26-39(29,41)4;1-20(2)12-9-11(10-13(20)17-16(12)24-17)23-18(21)19(22,14-5-3-7-25-14)15-6-4-8-26-15;/h23,29-30,32-33,35,37,45H,5-22,24-27H2,1-4H3;3-8,11-13,16-17,22H,9-10H2,1-2H3;1H/q;+1;/p-1/t29-,30-,32-,33-,35+,37+,38-,39-,40-,41+;11?,12?,13?,16-,17+;/m0../s1. The zero-order chi connectivity index (χ0) is 54.3. The number of epoxide rings is 1. The number of likely N-dealkylation sites (N-methyl/N-ethyl adjacent to an activating group) is 1. The molecule has 2 aromatic heterocycles. The van der Waals surface area contributed by atoms with E-state index in [0.29, 0.717) is 46.9 Å². The van der Waals surface area contributed by atoms with Crippen molar-refractivity contribution in [3.8, 4) is 0 Å². The number of alkyl halides is 2. The molecule has 4 aliphatic carbocycles. The van der Waals surface area contributed by atoms with Crippen LogP contribution in [0.4, 0.5) is 8.78 Å². The molecule has 17 heteroatoms. The number of quaternary nitrogens is 1. The summed E-state index contributed by atoms with van der Waals surface area (Å²) in [6, 6.07) is 8.01. The number of unbranched alkanes of at least 4 members (excludes halogenated alkanes) is 12. The van der Waals surface area contributed by atoms with Crippen LogP contribution in [-0.2, 0) is 48.5 Å². The first kappa shape index (κ1) is 60.6. The molecule has 12 nitrogen and oxygen atoms in total. The van der Waals surface area contributed by atoms with Gasteiger partial charge in [0, 0.05) is 42.4 Å². The highest BCUT2D eigenvalue weighted by molar-refractivity contribution is 7.12. The van der Waals surface area contributed by atoms with E-state index >= 15 is 8.78 Å². The molecule has 3 unspecified atom stereocenters. The lowest BCUT2D eigenvalue weighted by molar-refractivity contribution is -0.938. The molecule has 0 aromatic carbocycles. The van der Waals surface area contributed by atoms with Crippen LogP contribution in [0.5, 0.6) is 0 Å². The van der Waals surface area contributed by atoms with Crippen LogP contribution in [0.2, 0.25) is 0 Å². The second-order valence-corrected chi connectivity index (χ2v) is 26.6. The maximum atomic E-state index is 17.7. The van der Waals surface area contributed by atoms with Crippen LogP contribution in [0.15, 0.2) is 46.7 Å². The number of rotatable bonds is 23. The van der Waals surface area contributed by atoms with Crippen LogP contribution in [0.1, 0.15) is 185 Å². The first-order valence-corrected chi connectivity index (χ1v) is 30.8. The number of aliphatic hydroxyl groups excluding tert-OH is 1. The lowest BCUT2D eigenvalue weighted by Crippen LogP contribution is -3.00. The number of hydrogen-bond donors (Lipinski definition) is 2. The smallest absolute Gasteiger partial charge is 0.349 e. The summed E-state index contributed by atoms with van der Waals surface area (Å²) in [6.07, 6.45) is 16.3. The van der Waals surface area contributed by atoms with E-state index in [4.69, 9.17) is 23.7 Å². The van der Waals surface area contributed by atoms with Gasteiger partial charge >= 0.3 is 11.9 Å². The largest absolute Gasteiger partial charge is 1.00 e. The van der Waals surface area contributed by atoms with Gasteiger partial charge in [-0.05, 0) is 79.0 Å². The number of nitrogens with zero attached hydrogens (tertiary/aromatic N) is 1. The van der Waals surface area contributed by atoms with Crippen molar-refractivity contribution in [2.75, 3.05) is 20.7 Å². The van der Waals surface area contributed by atoms with Gasteiger partial charge in [-0.3, -0.25) is 14.4 Å². The highest BCUT2D eigenvalue weighted by Gasteiger charge is 2.80. The fraction of sp³-hybridized carbons (Fsp3) is 0.767. The minimum Gasteiger partial charge on any atom is -1.00 e. The molecule has 2 aromatic rings. The predicted molar refractivity (Wildman–Crippen MR) is 287 cm³/mol. The lowest BCUT2D eigenvalue weighted by atomic mass is 9.43. The van der Waals surface area contributed by atoms with E-state index in [1.54, 1.807) is 19.1 Å². The van der Waals surface area contributed by atoms with Gasteiger partial charge in [-0.2, -0.15) is 0 Å². The Labute approximate surface area is 474 Å². The number of halogens is 3. The minimum absolute atomic E-state index is 0. The lowest BCUT2D eigenvalue weighted by Gasteiger charge is -2.64. The molecule has 0 spiro atoms. The number of esters is 2. The summed E-state index contributed by atoms with van der Waals surface area (Å²) in [5, 5.41) is 26.9. The van der Waals surface area contributed by atoms with Crippen molar-refractivity contribution in [2.45, 2.75) is 247 Å². The Morgan fingerprint density at radius 3 is 1.97 bits per heavy atom. The van der Waals surface area contributed by atoms with Crippen LogP contribution < -0.4 is 17.0 Å². The van der Waals surface area contributed by atoms with Gasteiger partial charge in [0.15, 0.2) is 24.3 Å². The molecule has 2 bridgehead atoms. The van der Waals surface area contributed by atoms with Gasteiger partial charge in [-0.15, -0.1) is 22.7 Å². The number of ketones is 2. The Hall–Kier alpha value is -2.48. The van der Waals surface area contributed by atoms with Crippen molar-refractivity contribution in [1.82, 2.24) is 0 Å². The van der Waals surface area contributed by atoms with Crippen LogP contribution in [0, 0.1) is 22.7 Å². The van der Waals surface area contributed by atoms with Crippen molar-refractivity contribution >= 4 is 46.2 Å². The summed E-state index contributed by atoms with van der Waals surface area (Å²) >= 11 is 2.74. The number of Topliss-reactive ketones (excluding diaryl/α,β-unsaturated/α-hetero) is 1. The molecular weight excluding hydrogens is 1090 g/mol. The number of thiophene rings is 2. The zero-order valence-corrected chi connectivity index (χ0v) is 49.5. The van der Waals surface area contributed by atoms with Crippen LogP contribution in [0.25, 0.3) is 0 Å². The highest BCUT2D eigenvalue weighted by atomic mass is 79.9. The summed E-state index contributed by atoms with van der Waals surface area (Å²) in [6.45, 7) is 7.23. The van der Waals surface area contributed by atoms with E-state index in [0.717, 1.165) is 43.0 Å². The number of morpholine rings is 1. The molecule has 2 N–H and O–H groups in total. The molecule has 4 saturated heterocycles. The van der Waals surface area contributed by atoms with Crippen molar-refractivity contribution in [2.24, 2.45) is 22.7 Å². The molecule has 77 heavy (non-hydrogen) atoms. The summed E-state index contributed by atoms with van der Waals surface area (Å²) in [4.78, 5) is 53.7. The second kappa shape index (κ2) is 24.5. The number of aliphatic hydroxyl groups is 2. The molecule has 3 saturated carbocycles. The fourth-order valence-corrected chi connectivity index (χ4v) is 17.4. The number of allylic oxidation sites excluding steroid dienone is 1. The number of carbonyl (C=O) groups is 4. The van der Waals surface area contributed by atoms with Gasteiger partial charge in [-0.1, -0.05) is 123 Å². The Morgan fingerprint density at radius 1 is 0.831 bits per heavy atom. The third kappa shape index (κ3) is 11.0. The molecular formula is C60H86BrF2NO11S2. The summed E-state index contributed by atoms with van der Waals surface area (Å²) in [7, 11) is 4.49. The van der Waals surface area contributed by atoms with Crippen LogP contribution in [-0.4, -0.2) is 125 Å².